The summed E-state index contributed by atoms with van der Waals surface area (Å²) in [5.74, 6) is -0.991. The van der Waals surface area contributed by atoms with Gasteiger partial charge in [-0.1, -0.05) is 0 Å². The molecule has 5 nitrogen and oxygen atoms in total. The number of morpholine rings is 1. The largest absolute Gasteiger partial charge is 0.472 e. The second-order valence-corrected chi connectivity index (χ2v) is 3.12. The van der Waals surface area contributed by atoms with Gasteiger partial charge < -0.3 is 9.15 Å². The Labute approximate surface area is 80.2 Å². The van der Waals surface area contributed by atoms with Crippen molar-refractivity contribution >= 4 is 11.9 Å². The average molecular weight is 195 g/mol. The molecule has 1 aromatic rings. The molecule has 14 heavy (non-hydrogen) atoms. The van der Waals surface area contributed by atoms with Crippen molar-refractivity contribution in [1.82, 2.24) is 4.90 Å². The number of carbonyl (C=O) groups is 2. The molecule has 0 radical (unpaired) electrons. The predicted octanol–water partition coefficient (Wildman–Crippen LogP) is 0.165. The lowest BCUT2D eigenvalue weighted by molar-refractivity contribution is -0.167. The van der Waals surface area contributed by atoms with E-state index in [0.29, 0.717) is 6.54 Å². The van der Waals surface area contributed by atoms with E-state index in [1.54, 1.807) is 23.5 Å². The Morgan fingerprint density at radius 1 is 1.29 bits per heavy atom. The monoisotopic (exact) mass is 195 g/mol. The summed E-state index contributed by atoms with van der Waals surface area (Å²) in [7, 11) is 0. The molecule has 0 aliphatic carbocycles. The maximum atomic E-state index is 10.9. The first-order valence-corrected chi connectivity index (χ1v) is 4.21. The number of hydrogen-bond acceptors (Lipinski definition) is 5. The van der Waals surface area contributed by atoms with Gasteiger partial charge in [0.15, 0.2) is 0 Å². The van der Waals surface area contributed by atoms with E-state index in [1.165, 1.54) is 0 Å². The highest BCUT2D eigenvalue weighted by Gasteiger charge is 2.24. The number of esters is 2. The normalized spacial score (nSPS) is 18.3. The maximum absolute atomic E-state index is 10.9. The van der Waals surface area contributed by atoms with Crippen LogP contribution in [0.15, 0.2) is 23.0 Å². The van der Waals surface area contributed by atoms with Crippen molar-refractivity contribution in [2.75, 3.05) is 13.1 Å². The minimum absolute atomic E-state index is 0.150. The molecular formula is C9H9NO4. The highest BCUT2D eigenvalue weighted by Crippen LogP contribution is 2.08. The van der Waals surface area contributed by atoms with E-state index >= 15 is 0 Å². The highest BCUT2D eigenvalue weighted by molar-refractivity contribution is 5.90. The second kappa shape index (κ2) is 3.63. The van der Waals surface area contributed by atoms with Gasteiger partial charge in [-0.25, -0.2) is 0 Å². The molecule has 1 aliphatic heterocycles. The fourth-order valence-corrected chi connectivity index (χ4v) is 1.37. The van der Waals surface area contributed by atoms with Gasteiger partial charge in [0.2, 0.25) is 0 Å². The molecule has 1 aliphatic rings. The Morgan fingerprint density at radius 3 is 2.57 bits per heavy atom. The van der Waals surface area contributed by atoms with E-state index in [1.807, 2.05) is 0 Å². The molecule has 0 bridgehead atoms. The van der Waals surface area contributed by atoms with Crippen molar-refractivity contribution in [2.45, 2.75) is 6.54 Å². The maximum Gasteiger partial charge on any atom is 0.327 e. The molecule has 0 N–H and O–H groups in total. The van der Waals surface area contributed by atoms with E-state index in [2.05, 4.69) is 4.74 Å². The van der Waals surface area contributed by atoms with Gasteiger partial charge in [0.1, 0.15) is 0 Å². The molecule has 1 aromatic heterocycles. The third kappa shape index (κ3) is 2.00. The Morgan fingerprint density at radius 2 is 2.00 bits per heavy atom. The minimum Gasteiger partial charge on any atom is -0.472 e. The first-order valence-electron chi connectivity index (χ1n) is 4.21. The molecule has 0 saturated carbocycles. The third-order valence-corrected chi connectivity index (χ3v) is 1.92. The Hall–Kier alpha value is -1.62. The van der Waals surface area contributed by atoms with E-state index in [9.17, 15) is 9.59 Å². The average Bonchev–Trinajstić information content (AvgIpc) is 2.54. The summed E-state index contributed by atoms with van der Waals surface area (Å²) in [4.78, 5) is 23.5. The zero-order chi connectivity index (χ0) is 9.97. The van der Waals surface area contributed by atoms with Crippen LogP contribution in [0.4, 0.5) is 0 Å². The molecule has 5 heteroatoms. The lowest BCUT2D eigenvalue weighted by Crippen LogP contribution is -2.42. The fourth-order valence-electron chi connectivity index (χ4n) is 1.37. The van der Waals surface area contributed by atoms with Gasteiger partial charge in [0.25, 0.3) is 0 Å². The molecule has 0 atom stereocenters. The second-order valence-electron chi connectivity index (χ2n) is 3.12. The van der Waals surface area contributed by atoms with Crippen LogP contribution < -0.4 is 0 Å². The van der Waals surface area contributed by atoms with E-state index in [0.717, 1.165) is 5.56 Å². The smallest absolute Gasteiger partial charge is 0.327 e. The van der Waals surface area contributed by atoms with Crippen LogP contribution in [0, 0.1) is 0 Å². The Bertz CT molecular complexity index is 328. The van der Waals surface area contributed by atoms with Gasteiger partial charge in [-0.05, 0) is 6.07 Å². The number of rotatable bonds is 2. The summed E-state index contributed by atoms with van der Waals surface area (Å²) in [6, 6.07) is 1.80. The lowest BCUT2D eigenvalue weighted by Gasteiger charge is -2.23. The standard InChI is InChI=1S/C9H9NO4/c11-8-4-10(5-9(12)14-8)3-7-1-2-13-6-7/h1-2,6H,3-5H2. The molecule has 0 unspecified atom stereocenters. The zero-order valence-corrected chi connectivity index (χ0v) is 7.43. The molecule has 2 heterocycles. The molecule has 2 rings (SSSR count). The van der Waals surface area contributed by atoms with Gasteiger partial charge in [0.05, 0.1) is 25.6 Å². The van der Waals surface area contributed by atoms with Crippen molar-refractivity contribution in [3.63, 3.8) is 0 Å². The molecule has 74 valence electrons. The van der Waals surface area contributed by atoms with Crippen LogP contribution >= 0.6 is 0 Å². The molecule has 1 saturated heterocycles. The van der Waals surface area contributed by atoms with Gasteiger partial charge >= 0.3 is 11.9 Å². The van der Waals surface area contributed by atoms with Crippen LogP contribution in [0.25, 0.3) is 0 Å². The summed E-state index contributed by atoms with van der Waals surface area (Å²) in [5, 5.41) is 0. The summed E-state index contributed by atoms with van der Waals surface area (Å²) in [6.45, 7) is 0.825. The Kier molecular flexibility index (Phi) is 2.32. The predicted molar refractivity (Wildman–Crippen MR) is 45.1 cm³/mol. The summed E-state index contributed by atoms with van der Waals surface area (Å²) in [5.41, 5.74) is 0.938. The third-order valence-electron chi connectivity index (χ3n) is 1.92. The minimum atomic E-state index is -0.496. The van der Waals surface area contributed by atoms with Crippen LogP contribution in [0.3, 0.4) is 0 Å². The molecule has 0 amide bonds. The fraction of sp³-hybridized carbons (Fsp3) is 0.333. The summed E-state index contributed by atoms with van der Waals surface area (Å²) >= 11 is 0. The summed E-state index contributed by atoms with van der Waals surface area (Å²) in [6.07, 6.45) is 3.14. The SMILES string of the molecule is O=C1CN(Cc2ccoc2)CC(=O)O1. The highest BCUT2D eigenvalue weighted by atomic mass is 16.6. The van der Waals surface area contributed by atoms with Crippen LogP contribution in [-0.4, -0.2) is 29.9 Å². The van der Waals surface area contributed by atoms with Crippen molar-refractivity contribution < 1.29 is 18.7 Å². The van der Waals surface area contributed by atoms with Crippen LogP contribution in [0.5, 0.6) is 0 Å². The van der Waals surface area contributed by atoms with Gasteiger partial charge in [-0.15, -0.1) is 0 Å². The number of nitrogens with zero attached hydrogens (tertiary/aromatic N) is 1. The number of furan rings is 1. The van der Waals surface area contributed by atoms with E-state index < -0.39 is 11.9 Å². The van der Waals surface area contributed by atoms with Crippen molar-refractivity contribution in [1.29, 1.82) is 0 Å². The first kappa shape index (κ1) is 8.96. The number of hydrogen-bond donors (Lipinski definition) is 0. The first-order chi connectivity index (χ1) is 6.74. The van der Waals surface area contributed by atoms with Crippen molar-refractivity contribution in [2.24, 2.45) is 0 Å². The number of cyclic esters (lactones) is 2. The van der Waals surface area contributed by atoms with Gasteiger partial charge in [-0.3, -0.25) is 14.5 Å². The van der Waals surface area contributed by atoms with Crippen LogP contribution in [0.1, 0.15) is 5.56 Å². The molecule has 0 spiro atoms. The number of carbonyl (C=O) groups excluding carboxylic acids is 2. The molecular weight excluding hydrogens is 186 g/mol. The number of ether oxygens (including phenoxy) is 1. The quantitative estimate of drug-likeness (QED) is 0.497. The topological polar surface area (TPSA) is 59.8 Å². The van der Waals surface area contributed by atoms with E-state index in [-0.39, 0.29) is 13.1 Å². The molecule has 1 fully saturated rings. The Balaban J connectivity index is 1.98. The van der Waals surface area contributed by atoms with Crippen LogP contribution in [0.2, 0.25) is 0 Å². The van der Waals surface area contributed by atoms with Gasteiger partial charge in [-0.2, -0.15) is 0 Å². The van der Waals surface area contributed by atoms with Crippen molar-refractivity contribution in [3.8, 4) is 0 Å². The lowest BCUT2D eigenvalue weighted by atomic mass is 10.3. The van der Waals surface area contributed by atoms with Gasteiger partial charge in [0, 0.05) is 12.1 Å². The zero-order valence-electron chi connectivity index (χ0n) is 7.43. The van der Waals surface area contributed by atoms with E-state index in [4.69, 9.17) is 4.42 Å². The summed E-state index contributed by atoms with van der Waals surface area (Å²) < 4.78 is 9.27. The molecule has 0 aromatic carbocycles. The van der Waals surface area contributed by atoms with Crippen molar-refractivity contribution in [3.05, 3.63) is 24.2 Å². The van der Waals surface area contributed by atoms with Crippen LogP contribution in [-0.2, 0) is 20.9 Å².